The number of hydrogen-bond donors (Lipinski definition) is 0. The molecule has 0 radical (unpaired) electrons. The monoisotopic (exact) mass is 740 g/mol. The van der Waals surface area contributed by atoms with Gasteiger partial charge in [-0.15, -0.1) is 0 Å². The van der Waals surface area contributed by atoms with Crippen molar-refractivity contribution in [3.63, 3.8) is 0 Å². The zero-order valence-electron chi connectivity index (χ0n) is 31.2. The molecule has 4 heteroatoms. The van der Waals surface area contributed by atoms with Crippen molar-refractivity contribution in [2.24, 2.45) is 0 Å². The van der Waals surface area contributed by atoms with E-state index in [0.717, 1.165) is 82.9 Å². The van der Waals surface area contributed by atoms with Crippen molar-refractivity contribution in [1.82, 2.24) is 9.13 Å². The minimum Gasteiger partial charge on any atom is -0.456 e. The summed E-state index contributed by atoms with van der Waals surface area (Å²) in [6.45, 7) is 0. The maximum atomic E-state index is 6.60. The fourth-order valence-corrected chi connectivity index (χ4v) is 9.40. The highest BCUT2D eigenvalue weighted by Crippen LogP contribution is 2.42. The molecule has 0 saturated carbocycles. The van der Waals surface area contributed by atoms with Crippen molar-refractivity contribution in [3.05, 3.63) is 194 Å². The van der Waals surface area contributed by atoms with Gasteiger partial charge in [0.15, 0.2) is 0 Å². The summed E-state index contributed by atoms with van der Waals surface area (Å²) in [5.41, 5.74) is 15.1. The summed E-state index contributed by atoms with van der Waals surface area (Å²) in [4.78, 5) is 0. The number of para-hydroxylation sites is 3. The van der Waals surface area contributed by atoms with Crippen molar-refractivity contribution >= 4 is 87.5 Å². The van der Waals surface area contributed by atoms with Crippen LogP contribution in [0.5, 0.6) is 0 Å². The average molecular weight is 741 g/mol. The molecule has 13 rings (SSSR count). The number of hydrogen-bond acceptors (Lipinski definition) is 2. The maximum Gasteiger partial charge on any atom is 0.137 e. The molecule has 0 amide bonds. The summed E-state index contributed by atoms with van der Waals surface area (Å²) in [7, 11) is 0. The van der Waals surface area contributed by atoms with E-state index < -0.39 is 0 Å². The van der Waals surface area contributed by atoms with Crippen molar-refractivity contribution in [1.29, 1.82) is 0 Å². The Balaban J connectivity index is 1.01. The molecule has 4 nitrogen and oxygen atoms in total. The van der Waals surface area contributed by atoms with E-state index >= 15 is 0 Å². The fourth-order valence-electron chi connectivity index (χ4n) is 9.40. The van der Waals surface area contributed by atoms with Crippen LogP contribution in [-0.4, -0.2) is 9.13 Å². The van der Waals surface area contributed by atoms with E-state index in [9.17, 15) is 0 Å². The van der Waals surface area contributed by atoms with Gasteiger partial charge in [-0.25, -0.2) is 0 Å². The third-order valence-corrected chi connectivity index (χ3v) is 12.1. The summed E-state index contributed by atoms with van der Waals surface area (Å²) in [5, 5.41) is 9.30. The first-order valence-electron chi connectivity index (χ1n) is 19.7. The summed E-state index contributed by atoms with van der Waals surface area (Å²) in [5.74, 6) is 0. The van der Waals surface area contributed by atoms with Gasteiger partial charge in [0.05, 0.1) is 22.1 Å². The van der Waals surface area contributed by atoms with E-state index in [1.54, 1.807) is 0 Å². The smallest absolute Gasteiger partial charge is 0.137 e. The van der Waals surface area contributed by atoms with Gasteiger partial charge >= 0.3 is 0 Å². The van der Waals surface area contributed by atoms with Crippen LogP contribution in [0.1, 0.15) is 0 Å². The van der Waals surface area contributed by atoms with Gasteiger partial charge in [0.2, 0.25) is 0 Å². The molecule has 0 saturated heterocycles. The highest BCUT2D eigenvalue weighted by Gasteiger charge is 2.20. The molecular formula is C54H32N2O2. The first-order chi connectivity index (χ1) is 28.7. The molecule has 0 fully saturated rings. The highest BCUT2D eigenvalue weighted by atomic mass is 16.3. The fraction of sp³-hybridized carbons (Fsp3) is 0. The van der Waals surface area contributed by atoms with Crippen LogP contribution >= 0.6 is 0 Å². The van der Waals surface area contributed by atoms with Gasteiger partial charge in [-0.05, 0) is 95.1 Å². The standard InChI is InChI=1S/C54H32N2O2/c1-3-11-33(12-4-1)34-19-23-38(24-20-34)56-48-25-21-35(27-41(48)43-30-45-40-16-8-10-18-51(40)57-53(45)32-50(43)56)36-22-26-52-44(28-36)46-29-42-39-15-7-9-17-47(39)55(37-13-5-2-6-14-37)49(42)31-54(46)58-52/h1-32H. The first kappa shape index (κ1) is 31.4. The quantitative estimate of drug-likeness (QED) is 0.180. The molecule has 0 aliphatic heterocycles. The Kier molecular flexibility index (Phi) is 6.41. The van der Waals surface area contributed by atoms with E-state index in [1.807, 2.05) is 6.07 Å². The van der Waals surface area contributed by atoms with E-state index in [-0.39, 0.29) is 0 Å². The lowest BCUT2D eigenvalue weighted by atomic mass is 10.00. The second kappa shape index (κ2) is 11.8. The lowest BCUT2D eigenvalue weighted by Gasteiger charge is -2.10. The van der Waals surface area contributed by atoms with Gasteiger partial charge in [-0.2, -0.15) is 0 Å². The summed E-state index contributed by atoms with van der Waals surface area (Å²) in [6, 6.07) is 69.6. The number of benzene rings is 9. The van der Waals surface area contributed by atoms with Crippen molar-refractivity contribution < 1.29 is 8.83 Å². The average Bonchev–Trinajstić information content (AvgIpc) is 4.02. The molecule has 4 aromatic heterocycles. The maximum absolute atomic E-state index is 6.60. The number of aromatic nitrogens is 2. The van der Waals surface area contributed by atoms with Gasteiger partial charge in [0, 0.05) is 66.6 Å². The van der Waals surface area contributed by atoms with Gasteiger partial charge in [-0.1, -0.05) is 109 Å². The Morgan fingerprint density at radius 3 is 1.45 bits per heavy atom. The van der Waals surface area contributed by atoms with Gasteiger partial charge in [-0.3, -0.25) is 0 Å². The van der Waals surface area contributed by atoms with Gasteiger partial charge in [0.25, 0.3) is 0 Å². The molecular weight excluding hydrogens is 709 g/mol. The van der Waals surface area contributed by atoms with E-state index in [1.165, 1.54) is 38.2 Å². The molecule has 0 spiro atoms. The van der Waals surface area contributed by atoms with E-state index in [0.29, 0.717) is 0 Å². The lowest BCUT2D eigenvalue weighted by Crippen LogP contribution is -1.93. The number of furan rings is 2. The molecule has 0 bridgehead atoms. The third kappa shape index (κ3) is 4.51. The minimum absolute atomic E-state index is 0.882. The predicted molar refractivity (Wildman–Crippen MR) is 241 cm³/mol. The minimum atomic E-state index is 0.882. The van der Waals surface area contributed by atoms with Crippen LogP contribution in [0.4, 0.5) is 0 Å². The SMILES string of the molecule is c1ccc(-c2ccc(-n3c4ccc(-c5ccc6oc7cc8c(cc7c6c5)c5ccccc5n8-c5ccccc5)cc4c4cc5c(cc43)oc3ccccc35)cc2)cc1. The molecule has 270 valence electrons. The number of fused-ring (bicyclic) bond motifs is 12. The molecule has 9 aromatic carbocycles. The molecule has 4 heterocycles. The van der Waals surface area contributed by atoms with Crippen LogP contribution in [-0.2, 0) is 0 Å². The summed E-state index contributed by atoms with van der Waals surface area (Å²) < 4.78 is 17.7. The zero-order valence-corrected chi connectivity index (χ0v) is 31.2. The molecule has 0 unspecified atom stereocenters. The Bertz CT molecular complexity index is 3770. The van der Waals surface area contributed by atoms with Crippen LogP contribution in [0.2, 0.25) is 0 Å². The predicted octanol–water partition coefficient (Wildman–Crippen LogP) is 15.0. The molecule has 0 atom stereocenters. The van der Waals surface area contributed by atoms with Crippen LogP contribution in [0.3, 0.4) is 0 Å². The Morgan fingerprint density at radius 1 is 0.241 bits per heavy atom. The molecule has 13 aromatic rings. The molecule has 58 heavy (non-hydrogen) atoms. The zero-order chi connectivity index (χ0) is 37.9. The van der Waals surface area contributed by atoms with Crippen molar-refractivity contribution in [2.75, 3.05) is 0 Å². The topological polar surface area (TPSA) is 36.1 Å². The van der Waals surface area contributed by atoms with Crippen LogP contribution in [0.15, 0.2) is 203 Å². The summed E-state index contributed by atoms with van der Waals surface area (Å²) in [6.07, 6.45) is 0. The first-order valence-corrected chi connectivity index (χ1v) is 19.7. The Morgan fingerprint density at radius 2 is 0.707 bits per heavy atom. The molecule has 0 aliphatic rings. The van der Waals surface area contributed by atoms with Crippen molar-refractivity contribution in [3.8, 4) is 33.6 Å². The molecule has 0 aliphatic carbocycles. The van der Waals surface area contributed by atoms with Crippen LogP contribution in [0, 0.1) is 0 Å². The van der Waals surface area contributed by atoms with Gasteiger partial charge < -0.3 is 18.0 Å². The van der Waals surface area contributed by atoms with E-state index in [4.69, 9.17) is 8.83 Å². The summed E-state index contributed by atoms with van der Waals surface area (Å²) >= 11 is 0. The number of rotatable bonds is 4. The Hall–Kier alpha value is -7.82. The third-order valence-electron chi connectivity index (χ3n) is 12.1. The van der Waals surface area contributed by atoms with Gasteiger partial charge in [0.1, 0.15) is 22.3 Å². The lowest BCUT2D eigenvalue weighted by molar-refractivity contribution is 0.669. The van der Waals surface area contributed by atoms with Crippen molar-refractivity contribution in [2.45, 2.75) is 0 Å². The number of nitrogens with zero attached hydrogens (tertiary/aromatic N) is 2. The molecule has 0 N–H and O–H groups in total. The second-order valence-corrected chi connectivity index (χ2v) is 15.3. The Labute approximate surface area is 332 Å². The van der Waals surface area contributed by atoms with Crippen LogP contribution < -0.4 is 0 Å². The van der Waals surface area contributed by atoms with Crippen LogP contribution in [0.25, 0.3) is 121 Å². The van der Waals surface area contributed by atoms with E-state index in [2.05, 4.69) is 197 Å². The largest absolute Gasteiger partial charge is 0.456 e. The normalized spacial score (nSPS) is 12.1. The highest BCUT2D eigenvalue weighted by molar-refractivity contribution is 6.19. The second-order valence-electron chi connectivity index (χ2n) is 15.3.